The van der Waals surface area contributed by atoms with Crippen LogP contribution in [0.5, 0.6) is 11.5 Å². The van der Waals surface area contributed by atoms with Crippen LogP contribution in [0.3, 0.4) is 0 Å². The zero-order valence-corrected chi connectivity index (χ0v) is 14.2. The molecule has 2 unspecified atom stereocenters. The lowest BCUT2D eigenvalue weighted by Crippen LogP contribution is -2.46. The van der Waals surface area contributed by atoms with Crippen LogP contribution in [0, 0.1) is 0 Å². The van der Waals surface area contributed by atoms with Crippen LogP contribution in [0.25, 0.3) is 0 Å². The molecule has 0 radical (unpaired) electrons. The molecular formula is C18H28N2O3. The SMILES string of the molecule is CC(CCc1ccc2c(c1)OCO2)NC(C)CN1CCOCC1. The van der Waals surface area contributed by atoms with Gasteiger partial charge in [0, 0.05) is 31.7 Å². The van der Waals surface area contributed by atoms with E-state index in [0.29, 0.717) is 18.9 Å². The van der Waals surface area contributed by atoms with Gasteiger partial charge in [0.25, 0.3) is 0 Å². The van der Waals surface area contributed by atoms with Crippen molar-refractivity contribution in [2.24, 2.45) is 0 Å². The first-order valence-electron chi connectivity index (χ1n) is 8.65. The molecule has 23 heavy (non-hydrogen) atoms. The van der Waals surface area contributed by atoms with E-state index in [-0.39, 0.29) is 0 Å². The quantitative estimate of drug-likeness (QED) is 0.833. The van der Waals surface area contributed by atoms with Crippen molar-refractivity contribution in [3.63, 3.8) is 0 Å². The van der Waals surface area contributed by atoms with Crippen molar-refractivity contribution < 1.29 is 14.2 Å². The molecule has 2 aliphatic heterocycles. The maximum absolute atomic E-state index is 5.44. The van der Waals surface area contributed by atoms with Gasteiger partial charge in [0.2, 0.25) is 6.79 Å². The molecule has 3 rings (SSSR count). The molecule has 0 aliphatic carbocycles. The van der Waals surface area contributed by atoms with Gasteiger partial charge in [0.1, 0.15) is 0 Å². The third-order valence-corrected chi connectivity index (χ3v) is 4.51. The molecule has 5 nitrogen and oxygen atoms in total. The zero-order valence-electron chi connectivity index (χ0n) is 14.2. The summed E-state index contributed by atoms with van der Waals surface area (Å²) in [6.45, 7) is 9.82. The Balaban J connectivity index is 1.39. The van der Waals surface area contributed by atoms with E-state index < -0.39 is 0 Å². The topological polar surface area (TPSA) is 43.0 Å². The van der Waals surface area contributed by atoms with Gasteiger partial charge in [-0.3, -0.25) is 4.90 Å². The number of aryl methyl sites for hydroxylation is 1. The highest BCUT2D eigenvalue weighted by Gasteiger charge is 2.16. The number of hydrogen-bond acceptors (Lipinski definition) is 5. The van der Waals surface area contributed by atoms with Crippen molar-refractivity contribution in [2.75, 3.05) is 39.6 Å². The van der Waals surface area contributed by atoms with Crippen molar-refractivity contribution in [1.29, 1.82) is 0 Å². The minimum Gasteiger partial charge on any atom is -0.454 e. The van der Waals surface area contributed by atoms with Crippen LogP contribution in [-0.4, -0.2) is 56.6 Å². The molecule has 5 heteroatoms. The van der Waals surface area contributed by atoms with E-state index in [9.17, 15) is 0 Å². The zero-order chi connectivity index (χ0) is 16.1. The summed E-state index contributed by atoms with van der Waals surface area (Å²) >= 11 is 0. The first-order valence-corrected chi connectivity index (χ1v) is 8.65. The van der Waals surface area contributed by atoms with E-state index >= 15 is 0 Å². The van der Waals surface area contributed by atoms with Crippen molar-refractivity contribution in [2.45, 2.75) is 38.8 Å². The molecule has 2 heterocycles. The Kier molecular flexibility index (Phi) is 5.75. The minimum atomic E-state index is 0.343. The van der Waals surface area contributed by atoms with Gasteiger partial charge in [-0.2, -0.15) is 0 Å². The lowest BCUT2D eigenvalue weighted by atomic mass is 10.0. The highest BCUT2D eigenvalue weighted by atomic mass is 16.7. The lowest BCUT2D eigenvalue weighted by Gasteiger charge is -2.30. The van der Waals surface area contributed by atoms with Gasteiger partial charge in [0.05, 0.1) is 13.2 Å². The van der Waals surface area contributed by atoms with Crippen molar-refractivity contribution in [1.82, 2.24) is 10.2 Å². The Morgan fingerprint density at radius 2 is 1.87 bits per heavy atom. The van der Waals surface area contributed by atoms with E-state index in [0.717, 1.165) is 57.2 Å². The second-order valence-corrected chi connectivity index (χ2v) is 6.61. The summed E-state index contributed by atoms with van der Waals surface area (Å²) in [6.07, 6.45) is 2.17. The van der Waals surface area contributed by atoms with Crippen molar-refractivity contribution in [3.8, 4) is 11.5 Å². The second-order valence-electron chi connectivity index (χ2n) is 6.61. The molecule has 1 aromatic rings. The van der Waals surface area contributed by atoms with Crippen molar-refractivity contribution >= 4 is 0 Å². The Morgan fingerprint density at radius 1 is 1.09 bits per heavy atom. The van der Waals surface area contributed by atoms with Crippen LogP contribution in [-0.2, 0) is 11.2 Å². The predicted molar refractivity (Wildman–Crippen MR) is 90.2 cm³/mol. The van der Waals surface area contributed by atoms with Crippen molar-refractivity contribution in [3.05, 3.63) is 23.8 Å². The largest absolute Gasteiger partial charge is 0.454 e. The van der Waals surface area contributed by atoms with Gasteiger partial charge in [-0.05, 0) is 44.4 Å². The summed E-state index contributed by atoms with van der Waals surface area (Å²) < 4.78 is 16.2. The number of morpholine rings is 1. The summed E-state index contributed by atoms with van der Waals surface area (Å²) in [5.41, 5.74) is 1.31. The number of benzene rings is 1. The molecule has 1 fully saturated rings. The van der Waals surface area contributed by atoms with E-state index in [2.05, 4.69) is 36.2 Å². The van der Waals surface area contributed by atoms with E-state index in [4.69, 9.17) is 14.2 Å². The van der Waals surface area contributed by atoms with Gasteiger partial charge in [0.15, 0.2) is 11.5 Å². The average Bonchev–Trinajstić information content (AvgIpc) is 3.01. The Morgan fingerprint density at radius 3 is 2.70 bits per heavy atom. The molecule has 128 valence electrons. The summed E-state index contributed by atoms with van der Waals surface area (Å²) in [6, 6.07) is 7.25. The lowest BCUT2D eigenvalue weighted by molar-refractivity contribution is 0.0339. The number of fused-ring (bicyclic) bond motifs is 1. The molecule has 0 spiro atoms. The Bertz CT molecular complexity index is 503. The normalized spacial score (nSPS) is 20.4. The molecule has 0 bridgehead atoms. The van der Waals surface area contributed by atoms with Gasteiger partial charge in [-0.15, -0.1) is 0 Å². The Labute approximate surface area is 138 Å². The number of hydrogen-bond donors (Lipinski definition) is 1. The van der Waals surface area contributed by atoms with Crippen LogP contribution >= 0.6 is 0 Å². The molecule has 2 atom stereocenters. The molecule has 0 saturated carbocycles. The molecule has 1 aromatic carbocycles. The van der Waals surface area contributed by atoms with Gasteiger partial charge >= 0.3 is 0 Å². The molecule has 0 aromatic heterocycles. The third-order valence-electron chi connectivity index (χ3n) is 4.51. The Hall–Kier alpha value is -1.30. The van der Waals surface area contributed by atoms with Gasteiger partial charge < -0.3 is 19.5 Å². The summed E-state index contributed by atoms with van der Waals surface area (Å²) in [5.74, 6) is 1.74. The van der Waals surface area contributed by atoms with Gasteiger partial charge in [-0.1, -0.05) is 6.07 Å². The smallest absolute Gasteiger partial charge is 0.231 e. The fourth-order valence-corrected chi connectivity index (χ4v) is 3.27. The van der Waals surface area contributed by atoms with Crippen LogP contribution in [0.2, 0.25) is 0 Å². The first-order chi connectivity index (χ1) is 11.2. The number of nitrogens with zero attached hydrogens (tertiary/aromatic N) is 1. The fourth-order valence-electron chi connectivity index (χ4n) is 3.27. The number of nitrogens with one attached hydrogen (secondary N) is 1. The van der Waals surface area contributed by atoms with E-state index in [1.165, 1.54) is 5.56 Å². The highest BCUT2D eigenvalue weighted by Crippen LogP contribution is 2.32. The first kappa shape index (κ1) is 16.6. The number of rotatable bonds is 7. The molecule has 1 saturated heterocycles. The standard InChI is InChI=1S/C18H28N2O3/c1-14(19-15(2)12-20-7-9-21-10-8-20)3-4-16-5-6-17-18(11-16)23-13-22-17/h5-6,11,14-15,19H,3-4,7-10,12-13H2,1-2H3. The molecule has 2 aliphatic rings. The maximum Gasteiger partial charge on any atom is 0.231 e. The molecular weight excluding hydrogens is 292 g/mol. The van der Waals surface area contributed by atoms with Crippen LogP contribution < -0.4 is 14.8 Å². The van der Waals surface area contributed by atoms with Crippen LogP contribution in [0.4, 0.5) is 0 Å². The minimum absolute atomic E-state index is 0.343. The van der Waals surface area contributed by atoms with Crippen LogP contribution in [0.1, 0.15) is 25.8 Å². The van der Waals surface area contributed by atoms with Crippen LogP contribution in [0.15, 0.2) is 18.2 Å². The summed E-state index contributed by atoms with van der Waals surface area (Å²) in [7, 11) is 0. The van der Waals surface area contributed by atoms with Gasteiger partial charge in [-0.25, -0.2) is 0 Å². The van der Waals surface area contributed by atoms with E-state index in [1.807, 2.05) is 6.07 Å². The summed E-state index contributed by atoms with van der Waals surface area (Å²) in [4.78, 5) is 2.48. The second kappa shape index (κ2) is 7.99. The molecule has 1 N–H and O–H groups in total. The molecule has 0 amide bonds. The monoisotopic (exact) mass is 320 g/mol. The number of ether oxygens (including phenoxy) is 3. The highest BCUT2D eigenvalue weighted by molar-refractivity contribution is 5.44. The predicted octanol–water partition coefficient (Wildman–Crippen LogP) is 2.05. The average molecular weight is 320 g/mol. The van der Waals surface area contributed by atoms with E-state index in [1.54, 1.807) is 0 Å². The maximum atomic E-state index is 5.44. The summed E-state index contributed by atoms with van der Waals surface area (Å²) in [5, 5.41) is 3.71. The third kappa shape index (κ3) is 4.83. The fraction of sp³-hybridized carbons (Fsp3) is 0.667.